The number of halogens is 2. The average molecular weight is 533 g/mol. The van der Waals surface area contributed by atoms with E-state index in [0.717, 1.165) is 34.1 Å². The fourth-order valence-electron chi connectivity index (χ4n) is 4.14. The third-order valence-electron chi connectivity index (χ3n) is 6.04. The monoisotopic (exact) mass is 532 g/mol. The zero-order valence-corrected chi connectivity index (χ0v) is 20.8. The van der Waals surface area contributed by atoms with Gasteiger partial charge in [-0.1, -0.05) is 72.8 Å². The third kappa shape index (κ3) is 5.20. The highest BCUT2D eigenvalue weighted by atomic mass is 32.2. The lowest BCUT2D eigenvalue weighted by Crippen LogP contribution is -2.30. The summed E-state index contributed by atoms with van der Waals surface area (Å²) >= 11 is 0. The van der Waals surface area contributed by atoms with Crippen molar-refractivity contribution in [3.05, 3.63) is 143 Å². The van der Waals surface area contributed by atoms with Crippen molar-refractivity contribution in [1.82, 2.24) is 8.87 Å². The van der Waals surface area contributed by atoms with Gasteiger partial charge in [-0.15, -0.1) is 0 Å². The van der Waals surface area contributed by atoms with Gasteiger partial charge in [-0.05, 0) is 35.4 Å². The largest absolute Gasteiger partial charge is 0.424 e. The van der Waals surface area contributed by atoms with Crippen LogP contribution in [0.3, 0.4) is 0 Å². The number of benzene rings is 4. The van der Waals surface area contributed by atoms with Gasteiger partial charge < -0.3 is 4.42 Å². The second kappa shape index (κ2) is 10.6. The Hall–Kier alpha value is -4.34. The Labute approximate surface area is 218 Å². The van der Waals surface area contributed by atoms with Crippen molar-refractivity contribution in [2.45, 2.75) is 18.0 Å². The van der Waals surface area contributed by atoms with E-state index in [1.165, 1.54) is 28.6 Å². The van der Waals surface area contributed by atoms with E-state index in [1.54, 1.807) is 0 Å². The molecule has 192 valence electrons. The quantitative estimate of drug-likeness (QED) is 0.255. The van der Waals surface area contributed by atoms with Crippen LogP contribution in [-0.4, -0.2) is 17.3 Å². The first-order valence-electron chi connectivity index (χ1n) is 11.7. The molecular weight excluding hydrogens is 510 g/mol. The van der Waals surface area contributed by atoms with Crippen LogP contribution in [0.1, 0.15) is 11.1 Å². The van der Waals surface area contributed by atoms with E-state index in [0.29, 0.717) is 11.6 Å². The summed E-state index contributed by atoms with van der Waals surface area (Å²) in [5.41, 5.74) is 2.10. The molecule has 0 amide bonds. The fraction of sp³-hybridized carbons (Fsp3) is 0.0690. The molecule has 0 saturated carbocycles. The van der Waals surface area contributed by atoms with Gasteiger partial charge in [0, 0.05) is 24.7 Å². The summed E-state index contributed by atoms with van der Waals surface area (Å²) < 4.78 is 62.6. The number of hydrogen-bond donors (Lipinski definition) is 0. The zero-order valence-electron chi connectivity index (χ0n) is 20.0. The smallest absolute Gasteiger partial charge is 0.415 e. The Morgan fingerprint density at radius 2 is 1.34 bits per heavy atom. The second-order valence-electron chi connectivity index (χ2n) is 8.59. The van der Waals surface area contributed by atoms with Crippen LogP contribution >= 0.6 is 0 Å². The summed E-state index contributed by atoms with van der Waals surface area (Å²) in [6, 6.07) is 27.3. The minimum Gasteiger partial charge on any atom is -0.415 e. The molecule has 1 aromatic heterocycles. The molecule has 0 unspecified atom stereocenters. The number of hydrogen-bond acceptors (Lipinski definition) is 4. The Kier molecular flexibility index (Phi) is 7.04. The van der Waals surface area contributed by atoms with Crippen LogP contribution < -0.4 is 5.76 Å². The number of sulfonamides is 1. The minimum atomic E-state index is -3.93. The van der Waals surface area contributed by atoms with E-state index < -0.39 is 27.4 Å². The van der Waals surface area contributed by atoms with Gasteiger partial charge in [-0.25, -0.2) is 26.6 Å². The van der Waals surface area contributed by atoms with Crippen LogP contribution in [0, 0.1) is 11.6 Å². The SMILES string of the molecule is O=c1occ(-c2ccc(S(=O)(=O)N(Cc3ccccc3)Cc3ccccc3)cc2)n1-c1ccc(F)cc1F. The predicted octanol–water partition coefficient (Wildman–Crippen LogP) is 5.77. The maximum atomic E-state index is 14.4. The maximum absolute atomic E-state index is 14.4. The molecule has 0 N–H and O–H groups in total. The van der Waals surface area contributed by atoms with Crippen molar-refractivity contribution in [1.29, 1.82) is 0 Å². The highest BCUT2D eigenvalue weighted by Gasteiger charge is 2.25. The number of oxazole rings is 1. The molecule has 5 aromatic rings. The Morgan fingerprint density at radius 1 is 0.763 bits per heavy atom. The van der Waals surface area contributed by atoms with Crippen molar-refractivity contribution in [3.8, 4) is 16.9 Å². The summed E-state index contributed by atoms with van der Waals surface area (Å²) in [4.78, 5) is 12.4. The van der Waals surface area contributed by atoms with Crippen molar-refractivity contribution in [3.63, 3.8) is 0 Å². The standard InChI is InChI=1S/C29H22F2N2O4S/c30-24-13-16-27(26(31)17-24)33-28(20-37-29(33)34)23-11-14-25(15-12-23)38(35,36)32(18-21-7-3-1-4-8-21)19-22-9-5-2-6-10-22/h1-17,20H,18-19H2. The first kappa shape index (κ1) is 25.3. The molecule has 9 heteroatoms. The van der Waals surface area contributed by atoms with Crippen LogP contribution in [-0.2, 0) is 23.1 Å². The van der Waals surface area contributed by atoms with Gasteiger partial charge in [-0.3, -0.25) is 0 Å². The highest BCUT2D eigenvalue weighted by Crippen LogP contribution is 2.27. The van der Waals surface area contributed by atoms with Gasteiger partial charge in [0.15, 0.2) is 0 Å². The number of aromatic nitrogens is 1. The first-order valence-corrected chi connectivity index (χ1v) is 13.1. The van der Waals surface area contributed by atoms with Gasteiger partial charge in [-0.2, -0.15) is 4.31 Å². The lowest BCUT2D eigenvalue weighted by atomic mass is 10.1. The molecule has 0 fully saturated rings. The van der Waals surface area contributed by atoms with E-state index in [2.05, 4.69) is 0 Å². The molecule has 0 aliphatic rings. The molecule has 0 saturated heterocycles. The van der Waals surface area contributed by atoms with Crippen LogP contribution in [0.5, 0.6) is 0 Å². The Morgan fingerprint density at radius 3 is 1.89 bits per heavy atom. The molecule has 1 heterocycles. The van der Waals surface area contributed by atoms with E-state index in [-0.39, 0.29) is 29.4 Å². The van der Waals surface area contributed by atoms with E-state index >= 15 is 0 Å². The van der Waals surface area contributed by atoms with Gasteiger partial charge in [0.05, 0.1) is 16.3 Å². The van der Waals surface area contributed by atoms with Crippen molar-refractivity contribution in [2.24, 2.45) is 0 Å². The fourth-order valence-corrected chi connectivity index (χ4v) is 5.56. The molecule has 5 rings (SSSR count). The van der Waals surface area contributed by atoms with Gasteiger partial charge >= 0.3 is 5.76 Å². The Balaban J connectivity index is 1.49. The highest BCUT2D eigenvalue weighted by molar-refractivity contribution is 7.89. The van der Waals surface area contributed by atoms with E-state index in [1.807, 2.05) is 60.7 Å². The van der Waals surface area contributed by atoms with Gasteiger partial charge in [0.25, 0.3) is 0 Å². The van der Waals surface area contributed by atoms with Gasteiger partial charge in [0.1, 0.15) is 17.9 Å². The summed E-state index contributed by atoms with van der Waals surface area (Å²) in [7, 11) is -3.93. The van der Waals surface area contributed by atoms with Crippen LogP contribution in [0.2, 0.25) is 0 Å². The molecule has 0 spiro atoms. The third-order valence-corrected chi connectivity index (χ3v) is 7.84. The van der Waals surface area contributed by atoms with Crippen LogP contribution in [0.15, 0.2) is 123 Å². The van der Waals surface area contributed by atoms with Crippen molar-refractivity contribution >= 4 is 10.0 Å². The van der Waals surface area contributed by atoms with Gasteiger partial charge in [0.2, 0.25) is 10.0 Å². The molecule has 4 aromatic carbocycles. The second-order valence-corrected chi connectivity index (χ2v) is 10.5. The number of rotatable bonds is 8. The van der Waals surface area contributed by atoms with Crippen LogP contribution in [0.25, 0.3) is 16.9 Å². The van der Waals surface area contributed by atoms with Crippen molar-refractivity contribution < 1.29 is 21.6 Å². The molecule has 0 aliphatic carbocycles. The molecule has 0 radical (unpaired) electrons. The molecular formula is C29H22F2N2O4S. The summed E-state index contributed by atoms with van der Waals surface area (Å²) in [5, 5.41) is 0. The topological polar surface area (TPSA) is 72.5 Å². The summed E-state index contributed by atoms with van der Waals surface area (Å²) in [5.74, 6) is -2.58. The molecule has 0 bridgehead atoms. The maximum Gasteiger partial charge on any atom is 0.424 e. The van der Waals surface area contributed by atoms with E-state index in [9.17, 15) is 22.0 Å². The zero-order chi connectivity index (χ0) is 26.7. The Bertz CT molecular complexity index is 1670. The lowest BCUT2D eigenvalue weighted by Gasteiger charge is -2.23. The molecule has 0 atom stereocenters. The van der Waals surface area contributed by atoms with Crippen molar-refractivity contribution in [2.75, 3.05) is 0 Å². The number of nitrogens with zero attached hydrogens (tertiary/aromatic N) is 2. The minimum absolute atomic E-state index is 0.0541. The summed E-state index contributed by atoms with van der Waals surface area (Å²) in [6.07, 6.45) is 1.14. The molecule has 6 nitrogen and oxygen atoms in total. The predicted molar refractivity (Wildman–Crippen MR) is 139 cm³/mol. The normalized spacial score (nSPS) is 11.7. The molecule has 0 aliphatic heterocycles. The summed E-state index contributed by atoms with van der Waals surface area (Å²) in [6.45, 7) is 0.343. The average Bonchev–Trinajstić information content (AvgIpc) is 3.30. The molecule has 38 heavy (non-hydrogen) atoms. The van der Waals surface area contributed by atoms with Crippen LogP contribution in [0.4, 0.5) is 8.78 Å². The van der Waals surface area contributed by atoms with E-state index in [4.69, 9.17) is 4.42 Å². The first-order chi connectivity index (χ1) is 18.3. The lowest BCUT2D eigenvalue weighted by molar-refractivity contribution is 0.401.